The van der Waals surface area contributed by atoms with Crippen LogP contribution in [0.2, 0.25) is 0 Å². The summed E-state index contributed by atoms with van der Waals surface area (Å²) in [6.45, 7) is -0.447. The van der Waals surface area contributed by atoms with Gasteiger partial charge in [-0.2, -0.15) is 0 Å². The number of nitrogens with zero attached hydrogens (tertiary/aromatic N) is 1. The van der Waals surface area contributed by atoms with E-state index >= 15 is 0 Å². The molecule has 13 heavy (non-hydrogen) atoms. The van der Waals surface area contributed by atoms with Crippen LogP contribution in [0.25, 0.3) is 0 Å². The van der Waals surface area contributed by atoms with Crippen LogP contribution in [0.5, 0.6) is 0 Å². The first kappa shape index (κ1) is 9.47. The summed E-state index contributed by atoms with van der Waals surface area (Å²) in [4.78, 5) is 14.3. The fraction of sp³-hybridized carbons (Fsp3) is 0.250. The predicted octanol–water partition coefficient (Wildman–Crippen LogP) is -0.0610. The summed E-state index contributed by atoms with van der Waals surface area (Å²) in [5.41, 5.74) is 0.622. The Labute approximate surface area is 75.0 Å². The maximum atomic E-state index is 10.5. The molecule has 0 fully saturated rings. The minimum atomic E-state index is -1.08. The third kappa shape index (κ3) is 2.72. The number of carboxylic acid groups (broad SMARTS) is 1. The van der Waals surface area contributed by atoms with E-state index in [4.69, 9.17) is 10.2 Å². The molecule has 0 saturated carbocycles. The fourth-order valence-corrected chi connectivity index (χ4v) is 0.835. The van der Waals surface area contributed by atoms with Gasteiger partial charge in [0.2, 0.25) is 0 Å². The number of aliphatic hydroxyl groups is 1. The Morgan fingerprint density at radius 3 is 2.62 bits per heavy atom. The zero-order valence-electron chi connectivity index (χ0n) is 6.84. The normalized spacial score (nSPS) is 12.1. The molecule has 5 heteroatoms. The average Bonchev–Trinajstić information content (AvgIpc) is 2.15. The van der Waals surface area contributed by atoms with E-state index < -0.39 is 18.6 Å². The van der Waals surface area contributed by atoms with Gasteiger partial charge in [0, 0.05) is 18.1 Å². The maximum absolute atomic E-state index is 10.5. The molecule has 1 aromatic rings. The molecule has 0 bridgehead atoms. The van der Waals surface area contributed by atoms with E-state index in [1.165, 1.54) is 0 Å². The topological polar surface area (TPSA) is 82.5 Å². The Bertz CT molecular complexity index is 276. The van der Waals surface area contributed by atoms with Crippen LogP contribution in [-0.4, -0.2) is 33.8 Å². The van der Waals surface area contributed by atoms with Crippen molar-refractivity contribution in [3.8, 4) is 0 Å². The van der Waals surface area contributed by atoms with E-state index in [9.17, 15) is 4.79 Å². The second kappa shape index (κ2) is 4.42. The molecular weight excluding hydrogens is 172 g/mol. The van der Waals surface area contributed by atoms with Crippen LogP contribution in [0.1, 0.15) is 0 Å². The zero-order chi connectivity index (χ0) is 9.68. The van der Waals surface area contributed by atoms with Gasteiger partial charge in [-0.05, 0) is 12.1 Å². The lowest BCUT2D eigenvalue weighted by atomic mass is 10.3. The van der Waals surface area contributed by atoms with Crippen molar-refractivity contribution < 1.29 is 15.0 Å². The van der Waals surface area contributed by atoms with Crippen molar-refractivity contribution in [2.24, 2.45) is 0 Å². The highest BCUT2D eigenvalue weighted by atomic mass is 16.4. The first-order valence-corrected chi connectivity index (χ1v) is 3.74. The molecule has 0 aliphatic heterocycles. The number of carboxylic acids is 1. The highest BCUT2D eigenvalue weighted by Gasteiger charge is 2.14. The highest BCUT2D eigenvalue weighted by Crippen LogP contribution is 2.05. The number of aliphatic carboxylic acids is 1. The van der Waals surface area contributed by atoms with Gasteiger partial charge in [0.05, 0.1) is 6.61 Å². The van der Waals surface area contributed by atoms with Crippen molar-refractivity contribution in [3.05, 3.63) is 24.5 Å². The molecule has 1 rings (SSSR count). The highest BCUT2D eigenvalue weighted by molar-refractivity contribution is 5.77. The molecule has 1 heterocycles. The van der Waals surface area contributed by atoms with Gasteiger partial charge in [-0.25, -0.2) is 4.79 Å². The van der Waals surface area contributed by atoms with Gasteiger partial charge in [0.15, 0.2) is 0 Å². The molecule has 5 nitrogen and oxygen atoms in total. The molecule has 0 amide bonds. The molecule has 0 spiro atoms. The first-order valence-electron chi connectivity index (χ1n) is 3.74. The van der Waals surface area contributed by atoms with Crippen molar-refractivity contribution in [1.29, 1.82) is 0 Å². The number of hydrogen-bond donors (Lipinski definition) is 3. The molecule has 1 aromatic heterocycles. The van der Waals surface area contributed by atoms with Crippen molar-refractivity contribution in [3.63, 3.8) is 0 Å². The molecule has 70 valence electrons. The molecule has 1 atom stereocenters. The Balaban J connectivity index is 2.62. The van der Waals surface area contributed by atoms with Crippen LogP contribution in [-0.2, 0) is 4.79 Å². The first-order chi connectivity index (χ1) is 6.24. The minimum absolute atomic E-state index is 0.447. The predicted molar refractivity (Wildman–Crippen MR) is 46.4 cm³/mol. The largest absolute Gasteiger partial charge is 0.480 e. The van der Waals surface area contributed by atoms with Crippen LogP contribution in [0.15, 0.2) is 24.5 Å². The third-order valence-electron chi connectivity index (χ3n) is 1.50. The molecule has 3 N–H and O–H groups in total. The lowest BCUT2D eigenvalue weighted by molar-refractivity contribution is -0.138. The molecule has 0 unspecified atom stereocenters. The SMILES string of the molecule is O=C(O)[C@H](CO)Nc1ccncc1. The Kier molecular flexibility index (Phi) is 3.22. The second-order valence-corrected chi connectivity index (χ2v) is 2.45. The number of carbonyl (C=O) groups is 1. The van der Waals surface area contributed by atoms with Gasteiger partial charge in [-0.15, -0.1) is 0 Å². The zero-order valence-corrected chi connectivity index (χ0v) is 6.84. The van der Waals surface area contributed by atoms with Gasteiger partial charge in [0.25, 0.3) is 0 Å². The van der Waals surface area contributed by atoms with Crippen LogP contribution in [0.4, 0.5) is 5.69 Å². The number of anilines is 1. The van der Waals surface area contributed by atoms with Gasteiger partial charge >= 0.3 is 5.97 Å². The van der Waals surface area contributed by atoms with E-state index in [2.05, 4.69) is 10.3 Å². The average molecular weight is 182 g/mol. The standard InChI is InChI=1S/C8H10N2O3/c11-5-7(8(12)13)10-6-1-3-9-4-2-6/h1-4,7,11H,5H2,(H,9,10)(H,12,13)/t7-/m0/s1. The minimum Gasteiger partial charge on any atom is -0.480 e. The Morgan fingerprint density at radius 2 is 2.15 bits per heavy atom. The lowest BCUT2D eigenvalue weighted by Crippen LogP contribution is -2.32. The number of hydrogen-bond acceptors (Lipinski definition) is 4. The van der Waals surface area contributed by atoms with Crippen molar-refractivity contribution in [2.45, 2.75) is 6.04 Å². The Hall–Kier alpha value is -1.62. The summed E-state index contributed by atoms with van der Waals surface area (Å²) in [7, 11) is 0. The monoisotopic (exact) mass is 182 g/mol. The maximum Gasteiger partial charge on any atom is 0.328 e. The summed E-state index contributed by atoms with van der Waals surface area (Å²) in [5.74, 6) is -1.08. The van der Waals surface area contributed by atoms with Crippen molar-refractivity contribution in [2.75, 3.05) is 11.9 Å². The molecule has 0 saturated heterocycles. The molecule has 0 radical (unpaired) electrons. The van der Waals surface area contributed by atoms with Gasteiger partial charge < -0.3 is 15.5 Å². The fourth-order valence-electron chi connectivity index (χ4n) is 0.835. The smallest absolute Gasteiger partial charge is 0.328 e. The number of nitrogens with one attached hydrogen (secondary N) is 1. The van der Waals surface area contributed by atoms with E-state index in [1.54, 1.807) is 24.5 Å². The lowest BCUT2D eigenvalue weighted by Gasteiger charge is -2.11. The summed E-state index contributed by atoms with van der Waals surface area (Å²) >= 11 is 0. The van der Waals surface area contributed by atoms with Gasteiger partial charge in [-0.1, -0.05) is 0 Å². The van der Waals surface area contributed by atoms with Crippen molar-refractivity contribution in [1.82, 2.24) is 4.98 Å². The Morgan fingerprint density at radius 1 is 1.54 bits per heavy atom. The van der Waals surface area contributed by atoms with E-state index in [1.807, 2.05) is 0 Å². The van der Waals surface area contributed by atoms with E-state index in [0.29, 0.717) is 5.69 Å². The number of aromatic nitrogens is 1. The van der Waals surface area contributed by atoms with Crippen molar-refractivity contribution >= 4 is 11.7 Å². The summed E-state index contributed by atoms with van der Waals surface area (Å²) in [6.07, 6.45) is 3.08. The van der Waals surface area contributed by atoms with Crippen LogP contribution >= 0.6 is 0 Å². The second-order valence-electron chi connectivity index (χ2n) is 2.45. The summed E-state index contributed by atoms with van der Waals surface area (Å²) < 4.78 is 0. The van der Waals surface area contributed by atoms with E-state index in [-0.39, 0.29) is 0 Å². The van der Waals surface area contributed by atoms with E-state index in [0.717, 1.165) is 0 Å². The van der Waals surface area contributed by atoms with Crippen LogP contribution < -0.4 is 5.32 Å². The van der Waals surface area contributed by atoms with Crippen LogP contribution in [0, 0.1) is 0 Å². The van der Waals surface area contributed by atoms with Crippen LogP contribution in [0.3, 0.4) is 0 Å². The quantitative estimate of drug-likeness (QED) is 0.607. The number of rotatable bonds is 4. The molecule has 0 aliphatic rings. The van der Waals surface area contributed by atoms with Gasteiger partial charge in [-0.3, -0.25) is 4.98 Å². The molecular formula is C8H10N2O3. The summed E-state index contributed by atoms with van der Waals surface area (Å²) in [6, 6.07) is 2.29. The molecule has 0 aromatic carbocycles. The van der Waals surface area contributed by atoms with Gasteiger partial charge in [0.1, 0.15) is 6.04 Å². The summed E-state index contributed by atoms with van der Waals surface area (Å²) in [5, 5.41) is 19.9. The number of pyridine rings is 1. The number of aliphatic hydroxyl groups excluding tert-OH is 1. The molecule has 0 aliphatic carbocycles. The third-order valence-corrected chi connectivity index (χ3v) is 1.50.